The van der Waals surface area contributed by atoms with Gasteiger partial charge in [-0.15, -0.1) is 0 Å². The van der Waals surface area contributed by atoms with Crippen molar-refractivity contribution in [3.8, 4) is 0 Å². The Hall–Kier alpha value is -2.50. The number of nitrogens with zero attached hydrogens (tertiary/aromatic N) is 1. The molecule has 2 rings (SSSR count). The summed E-state index contributed by atoms with van der Waals surface area (Å²) in [5.74, 6) is 0.865. The van der Waals surface area contributed by atoms with Gasteiger partial charge in [0.05, 0.1) is 18.3 Å². The van der Waals surface area contributed by atoms with Crippen molar-refractivity contribution in [3.05, 3.63) is 41.6 Å². The molecule has 0 fully saturated rings. The summed E-state index contributed by atoms with van der Waals surface area (Å²) < 4.78 is 5.24. The van der Waals surface area contributed by atoms with Crippen molar-refractivity contribution >= 4 is 17.3 Å². The second kappa shape index (κ2) is 4.79. The van der Waals surface area contributed by atoms with Crippen molar-refractivity contribution in [1.29, 1.82) is 0 Å². The summed E-state index contributed by atoms with van der Waals surface area (Å²) in [6.45, 7) is 2.01. The minimum atomic E-state index is -0.289. The quantitative estimate of drug-likeness (QED) is 0.702. The third kappa shape index (κ3) is 2.60. The van der Waals surface area contributed by atoms with E-state index in [1.165, 1.54) is 0 Å². The molecule has 6 heteroatoms. The summed E-state index contributed by atoms with van der Waals surface area (Å²) in [4.78, 5) is 15.8. The molecule has 1 heterocycles. The number of carbonyl (C=O) groups is 1. The van der Waals surface area contributed by atoms with Crippen LogP contribution in [0.5, 0.6) is 0 Å². The molecule has 0 aliphatic heterocycles. The van der Waals surface area contributed by atoms with E-state index >= 15 is 0 Å². The zero-order valence-electron chi connectivity index (χ0n) is 9.93. The van der Waals surface area contributed by atoms with Gasteiger partial charge >= 0.3 is 0 Å². The van der Waals surface area contributed by atoms with E-state index in [9.17, 15) is 4.79 Å². The molecule has 5 N–H and O–H groups in total. The monoisotopic (exact) mass is 246 g/mol. The van der Waals surface area contributed by atoms with Crippen LogP contribution in [0.1, 0.15) is 22.0 Å². The standard InChI is InChI=1S/C12H14N4O2/c1-7-5-15-11(18-7)6-16-12(17)9-3-2-8(13)4-10(9)14/h2-5H,6,13-14H2,1H3,(H,16,17). The van der Waals surface area contributed by atoms with E-state index in [1.54, 1.807) is 31.3 Å². The molecule has 0 aliphatic rings. The average molecular weight is 246 g/mol. The van der Waals surface area contributed by atoms with E-state index in [0.29, 0.717) is 28.6 Å². The number of carbonyl (C=O) groups excluding carboxylic acids is 1. The number of nitrogens with two attached hydrogens (primary N) is 2. The summed E-state index contributed by atoms with van der Waals surface area (Å²) in [6.07, 6.45) is 1.60. The Balaban J connectivity index is 2.03. The fourth-order valence-corrected chi connectivity index (χ4v) is 1.52. The summed E-state index contributed by atoms with van der Waals surface area (Å²) in [6, 6.07) is 4.76. The van der Waals surface area contributed by atoms with Crippen LogP contribution in [-0.2, 0) is 6.54 Å². The van der Waals surface area contributed by atoms with Gasteiger partial charge in [0.25, 0.3) is 5.91 Å². The van der Waals surface area contributed by atoms with Crippen molar-refractivity contribution < 1.29 is 9.21 Å². The maximum atomic E-state index is 11.9. The Morgan fingerprint density at radius 3 is 2.83 bits per heavy atom. The van der Waals surface area contributed by atoms with Crippen LogP contribution in [0, 0.1) is 6.92 Å². The van der Waals surface area contributed by atoms with Crippen LogP contribution in [0.4, 0.5) is 11.4 Å². The van der Waals surface area contributed by atoms with Crippen molar-refractivity contribution in [1.82, 2.24) is 10.3 Å². The van der Waals surface area contributed by atoms with Gasteiger partial charge in [0.1, 0.15) is 5.76 Å². The lowest BCUT2D eigenvalue weighted by Crippen LogP contribution is -2.24. The maximum absolute atomic E-state index is 11.9. The number of aryl methyl sites for hydroxylation is 1. The molecule has 0 saturated heterocycles. The highest BCUT2D eigenvalue weighted by Gasteiger charge is 2.10. The Morgan fingerprint density at radius 2 is 2.22 bits per heavy atom. The van der Waals surface area contributed by atoms with E-state index in [4.69, 9.17) is 15.9 Å². The number of aromatic nitrogens is 1. The molecule has 0 spiro atoms. The Kier molecular flexibility index (Phi) is 3.18. The van der Waals surface area contributed by atoms with E-state index in [2.05, 4.69) is 10.3 Å². The van der Waals surface area contributed by atoms with E-state index in [-0.39, 0.29) is 12.5 Å². The molecular weight excluding hydrogens is 232 g/mol. The first kappa shape index (κ1) is 12.0. The van der Waals surface area contributed by atoms with Gasteiger partial charge < -0.3 is 21.2 Å². The fourth-order valence-electron chi connectivity index (χ4n) is 1.52. The SMILES string of the molecule is Cc1cnc(CNC(=O)c2ccc(N)cc2N)o1. The zero-order valence-corrected chi connectivity index (χ0v) is 9.93. The zero-order chi connectivity index (χ0) is 13.1. The highest BCUT2D eigenvalue weighted by atomic mass is 16.4. The van der Waals surface area contributed by atoms with Crippen molar-refractivity contribution in [2.75, 3.05) is 11.5 Å². The molecule has 6 nitrogen and oxygen atoms in total. The molecular formula is C12H14N4O2. The lowest BCUT2D eigenvalue weighted by atomic mass is 10.1. The molecule has 0 atom stereocenters. The van der Waals surface area contributed by atoms with Gasteiger partial charge in [-0.05, 0) is 25.1 Å². The van der Waals surface area contributed by atoms with Gasteiger partial charge in [-0.2, -0.15) is 0 Å². The number of rotatable bonds is 3. The average Bonchev–Trinajstić information content (AvgIpc) is 2.72. The largest absolute Gasteiger partial charge is 0.444 e. The maximum Gasteiger partial charge on any atom is 0.253 e. The van der Waals surface area contributed by atoms with E-state index in [1.807, 2.05) is 0 Å². The lowest BCUT2D eigenvalue weighted by Gasteiger charge is -2.06. The van der Waals surface area contributed by atoms with Gasteiger partial charge in [-0.1, -0.05) is 0 Å². The third-order valence-electron chi connectivity index (χ3n) is 2.39. The predicted molar refractivity (Wildman–Crippen MR) is 67.7 cm³/mol. The van der Waals surface area contributed by atoms with Gasteiger partial charge in [0.15, 0.2) is 0 Å². The fraction of sp³-hybridized carbons (Fsp3) is 0.167. The first-order valence-electron chi connectivity index (χ1n) is 5.41. The number of anilines is 2. The lowest BCUT2D eigenvalue weighted by molar-refractivity contribution is 0.0948. The number of amides is 1. The first-order chi connectivity index (χ1) is 8.56. The molecule has 0 bridgehead atoms. The number of benzene rings is 1. The number of hydrogen-bond donors (Lipinski definition) is 3. The number of nitrogens with one attached hydrogen (secondary N) is 1. The van der Waals surface area contributed by atoms with Gasteiger partial charge in [-0.25, -0.2) is 4.98 Å². The van der Waals surface area contributed by atoms with Crippen LogP contribution < -0.4 is 16.8 Å². The van der Waals surface area contributed by atoms with Crippen LogP contribution in [0.3, 0.4) is 0 Å². The minimum absolute atomic E-state index is 0.219. The molecule has 0 radical (unpaired) electrons. The van der Waals surface area contributed by atoms with Crippen LogP contribution in [0.15, 0.2) is 28.8 Å². The minimum Gasteiger partial charge on any atom is -0.444 e. The summed E-state index contributed by atoms with van der Waals surface area (Å²) in [5.41, 5.74) is 12.5. The number of hydrogen-bond acceptors (Lipinski definition) is 5. The topological polar surface area (TPSA) is 107 Å². The molecule has 0 saturated carbocycles. The highest BCUT2D eigenvalue weighted by Crippen LogP contribution is 2.15. The second-order valence-electron chi connectivity index (χ2n) is 3.89. The van der Waals surface area contributed by atoms with Crippen LogP contribution >= 0.6 is 0 Å². The molecule has 2 aromatic rings. The number of nitrogen functional groups attached to an aromatic ring is 2. The summed E-state index contributed by atoms with van der Waals surface area (Å²) in [5, 5.41) is 2.67. The molecule has 1 aromatic heterocycles. The highest BCUT2D eigenvalue weighted by molar-refractivity contribution is 5.99. The van der Waals surface area contributed by atoms with Crippen LogP contribution in [0.25, 0.3) is 0 Å². The van der Waals surface area contributed by atoms with E-state index in [0.717, 1.165) is 0 Å². The predicted octanol–water partition coefficient (Wildman–Crippen LogP) is 1.08. The van der Waals surface area contributed by atoms with Gasteiger partial charge in [0, 0.05) is 11.4 Å². The number of oxazole rings is 1. The van der Waals surface area contributed by atoms with Crippen molar-refractivity contribution in [2.24, 2.45) is 0 Å². The van der Waals surface area contributed by atoms with Crippen LogP contribution in [-0.4, -0.2) is 10.9 Å². The van der Waals surface area contributed by atoms with Crippen LogP contribution in [0.2, 0.25) is 0 Å². The van der Waals surface area contributed by atoms with Crippen molar-refractivity contribution in [3.63, 3.8) is 0 Å². The molecule has 1 aromatic carbocycles. The molecule has 94 valence electrons. The summed E-state index contributed by atoms with van der Waals surface area (Å²) >= 11 is 0. The molecule has 0 aliphatic carbocycles. The normalized spacial score (nSPS) is 10.3. The van der Waals surface area contributed by atoms with Gasteiger partial charge in [0.2, 0.25) is 5.89 Å². The molecule has 0 unspecified atom stereocenters. The van der Waals surface area contributed by atoms with E-state index < -0.39 is 0 Å². The third-order valence-corrected chi connectivity index (χ3v) is 2.39. The molecule has 1 amide bonds. The Labute approximate surface area is 104 Å². The smallest absolute Gasteiger partial charge is 0.253 e. The van der Waals surface area contributed by atoms with Crippen molar-refractivity contribution in [2.45, 2.75) is 13.5 Å². The van der Waals surface area contributed by atoms with Gasteiger partial charge in [-0.3, -0.25) is 4.79 Å². The first-order valence-corrected chi connectivity index (χ1v) is 5.41. The Bertz CT molecular complexity index is 577. The second-order valence-corrected chi connectivity index (χ2v) is 3.89. The molecule has 18 heavy (non-hydrogen) atoms. The Morgan fingerprint density at radius 1 is 1.44 bits per heavy atom. The summed E-state index contributed by atoms with van der Waals surface area (Å²) in [7, 11) is 0.